The summed E-state index contributed by atoms with van der Waals surface area (Å²) >= 11 is 0. The number of H-pyrrole nitrogens is 1. The van der Waals surface area contributed by atoms with Crippen LogP contribution in [0.15, 0.2) is 32.0 Å². The molecule has 1 saturated heterocycles. The van der Waals surface area contributed by atoms with E-state index in [-0.39, 0.29) is 11.8 Å². The van der Waals surface area contributed by atoms with Gasteiger partial charge in [0.1, 0.15) is 0 Å². The number of amides is 1. The van der Waals surface area contributed by atoms with Gasteiger partial charge in [0.15, 0.2) is 5.76 Å². The van der Waals surface area contributed by atoms with Crippen LogP contribution in [0, 0.1) is 0 Å². The number of nitrogens with zero attached hydrogens (tertiary/aromatic N) is 2. The van der Waals surface area contributed by atoms with Crippen molar-refractivity contribution in [2.45, 2.75) is 18.8 Å². The molecular formula is C12H13N3O4. The number of aromatic nitrogens is 2. The second-order valence-corrected chi connectivity index (χ2v) is 4.52. The van der Waals surface area contributed by atoms with Crippen LogP contribution in [0.3, 0.4) is 0 Å². The maximum absolute atomic E-state index is 12.2. The molecule has 3 rings (SSSR count). The highest BCUT2D eigenvalue weighted by atomic mass is 16.4. The molecule has 0 radical (unpaired) electrons. The number of piperidine rings is 1. The van der Waals surface area contributed by atoms with Crippen LogP contribution >= 0.6 is 0 Å². The van der Waals surface area contributed by atoms with Crippen LogP contribution in [0.2, 0.25) is 0 Å². The molecule has 1 fully saturated rings. The van der Waals surface area contributed by atoms with Crippen molar-refractivity contribution in [3.8, 4) is 0 Å². The van der Waals surface area contributed by atoms with Gasteiger partial charge in [-0.2, -0.15) is 0 Å². The summed E-state index contributed by atoms with van der Waals surface area (Å²) in [6.07, 6.45) is 3.16. The van der Waals surface area contributed by atoms with E-state index in [1.54, 1.807) is 17.0 Å². The molecule has 100 valence electrons. The van der Waals surface area contributed by atoms with Crippen molar-refractivity contribution in [3.63, 3.8) is 0 Å². The average Bonchev–Trinajstić information content (AvgIpc) is 3.09. The highest BCUT2D eigenvalue weighted by molar-refractivity contribution is 5.91. The highest BCUT2D eigenvalue weighted by Gasteiger charge is 2.29. The minimum absolute atomic E-state index is 0.0494. The predicted molar refractivity (Wildman–Crippen MR) is 63.7 cm³/mol. The van der Waals surface area contributed by atoms with Gasteiger partial charge in [-0.05, 0) is 25.0 Å². The number of aromatic amines is 1. The molecule has 1 aliphatic heterocycles. The Kier molecular flexibility index (Phi) is 2.94. The van der Waals surface area contributed by atoms with E-state index in [1.165, 1.54) is 6.26 Å². The number of hydrogen-bond acceptors (Lipinski definition) is 5. The predicted octanol–water partition coefficient (Wildman–Crippen LogP) is 0.976. The van der Waals surface area contributed by atoms with Gasteiger partial charge < -0.3 is 13.7 Å². The lowest BCUT2D eigenvalue weighted by atomic mass is 9.98. The zero-order chi connectivity index (χ0) is 13.2. The molecule has 0 bridgehead atoms. The lowest BCUT2D eigenvalue weighted by molar-refractivity contribution is 0.0665. The second kappa shape index (κ2) is 4.75. The number of nitrogens with one attached hydrogen (secondary N) is 1. The van der Waals surface area contributed by atoms with E-state index in [9.17, 15) is 9.59 Å². The van der Waals surface area contributed by atoms with Crippen LogP contribution < -0.4 is 5.76 Å². The second-order valence-electron chi connectivity index (χ2n) is 4.52. The summed E-state index contributed by atoms with van der Waals surface area (Å²) in [5, 5.41) is 6.07. The standard InChI is InChI=1S/C12H13N3O4/c16-11(9-4-2-6-18-9)15-5-1-3-8(7-15)10-13-14-12(17)19-10/h2,4,6,8H,1,3,5,7H2,(H,14,17). The summed E-state index contributed by atoms with van der Waals surface area (Å²) in [7, 11) is 0. The zero-order valence-corrected chi connectivity index (χ0v) is 10.2. The van der Waals surface area contributed by atoms with E-state index < -0.39 is 5.76 Å². The van der Waals surface area contributed by atoms with E-state index in [0.717, 1.165) is 12.8 Å². The van der Waals surface area contributed by atoms with E-state index in [4.69, 9.17) is 8.83 Å². The van der Waals surface area contributed by atoms with E-state index in [2.05, 4.69) is 10.2 Å². The first-order chi connectivity index (χ1) is 9.24. The monoisotopic (exact) mass is 263 g/mol. The summed E-state index contributed by atoms with van der Waals surface area (Å²) in [5.41, 5.74) is 0. The fourth-order valence-corrected chi connectivity index (χ4v) is 2.34. The van der Waals surface area contributed by atoms with Gasteiger partial charge in [0.2, 0.25) is 5.89 Å². The summed E-state index contributed by atoms with van der Waals surface area (Å²) in [5.74, 6) is -0.0743. The molecule has 1 unspecified atom stereocenters. The van der Waals surface area contributed by atoms with Crippen molar-refractivity contribution in [2.24, 2.45) is 0 Å². The molecule has 19 heavy (non-hydrogen) atoms. The Bertz CT molecular complexity index is 613. The van der Waals surface area contributed by atoms with Gasteiger partial charge in [-0.15, -0.1) is 5.10 Å². The Morgan fingerprint density at radius 3 is 3.11 bits per heavy atom. The van der Waals surface area contributed by atoms with Gasteiger partial charge in [-0.1, -0.05) is 0 Å². The Morgan fingerprint density at radius 1 is 1.53 bits per heavy atom. The third-order valence-electron chi connectivity index (χ3n) is 3.24. The Hall–Kier alpha value is -2.31. The molecule has 0 spiro atoms. The number of carbonyl (C=O) groups is 1. The molecule has 7 nitrogen and oxygen atoms in total. The molecule has 0 aromatic carbocycles. The van der Waals surface area contributed by atoms with Crippen molar-refractivity contribution < 1.29 is 13.6 Å². The Morgan fingerprint density at radius 2 is 2.42 bits per heavy atom. The van der Waals surface area contributed by atoms with Gasteiger partial charge in [-0.3, -0.25) is 4.79 Å². The van der Waals surface area contributed by atoms with Gasteiger partial charge in [0.25, 0.3) is 5.91 Å². The molecule has 0 saturated carbocycles. The normalized spacial score (nSPS) is 19.6. The van der Waals surface area contributed by atoms with E-state index >= 15 is 0 Å². The van der Waals surface area contributed by atoms with Crippen molar-refractivity contribution in [1.29, 1.82) is 0 Å². The van der Waals surface area contributed by atoms with E-state index in [1.807, 2.05) is 0 Å². The number of rotatable bonds is 2. The fraction of sp³-hybridized carbons (Fsp3) is 0.417. The smallest absolute Gasteiger partial charge is 0.434 e. The van der Waals surface area contributed by atoms with Crippen LogP contribution in [0.4, 0.5) is 0 Å². The first-order valence-electron chi connectivity index (χ1n) is 6.12. The van der Waals surface area contributed by atoms with Gasteiger partial charge in [0.05, 0.1) is 12.2 Å². The summed E-state index contributed by atoms with van der Waals surface area (Å²) in [6, 6.07) is 3.32. The average molecular weight is 263 g/mol. The maximum atomic E-state index is 12.2. The number of hydrogen-bond donors (Lipinski definition) is 1. The quantitative estimate of drug-likeness (QED) is 0.871. The fourth-order valence-electron chi connectivity index (χ4n) is 2.34. The highest BCUT2D eigenvalue weighted by Crippen LogP contribution is 2.25. The molecule has 1 aliphatic rings. The minimum Gasteiger partial charge on any atom is -0.459 e. The third kappa shape index (κ3) is 2.31. The molecule has 1 amide bonds. The molecule has 1 atom stereocenters. The van der Waals surface area contributed by atoms with Crippen molar-refractivity contribution in [3.05, 3.63) is 40.6 Å². The molecule has 2 aromatic heterocycles. The number of carbonyl (C=O) groups excluding carboxylic acids is 1. The molecule has 0 aliphatic carbocycles. The van der Waals surface area contributed by atoms with Crippen LogP contribution in [-0.4, -0.2) is 34.1 Å². The van der Waals surface area contributed by atoms with Crippen molar-refractivity contribution in [1.82, 2.24) is 15.1 Å². The summed E-state index contributed by atoms with van der Waals surface area (Å²) < 4.78 is 10.1. The van der Waals surface area contributed by atoms with Crippen LogP contribution in [0.25, 0.3) is 0 Å². The number of likely N-dealkylation sites (tertiary alicyclic amines) is 1. The maximum Gasteiger partial charge on any atom is 0.434 e. The SMILES string of the molecule is O=C(c1ccco1)N1CCCC(c2n[nH]c(=O)o2)C1. The number of furan rings is 1. The first kappa shape index (κ1) is 11.8. The van der Waals surface area contributed by atoms with E-state index in [0.29, 0.717) is 24.7 Å². The van der Waals surface area contributed by atoms with Crippen molar-refractivity contribution >= 4 is 5.91 Å². The lowest BCUT2D eigenvalue weighted by Gasteiger charge is -2.30. The molecule has 7 heteroatoms. The first-order valence-corrected chi connectivity index (χ1v) is 6.12. The Balaban J connectivity index is 1.75. The van der Waals surface area contributed by atoms with Crippen LogP contribution in [-0.2, 0) is 0 Å². The van der Waals surface area contributed by atoms with Gasteiger partial charge in [0, 0.05) is 13.1 Å². The minimum atomic E-state index is -0.565. The third-order valence-corrected chi connectivity index (χ3v) is 3.24. The molecular weight excluding hydrogens is 250 g/mol. The topological polar surface area (TPSA) is 92.3 Å². The zero-order valence-electron chi connectivity index (χ0n) is 10.2. The molecule has 3 heterocycles. The largest absolute Gasteiger partial charge is 0.459 e. The Labute approximate surface area is 108 Å². The van der Waals surface area contributed by atoms with Crippen molar-refractivity contribution in [2.75, 3.05) is 13.1 Å². The van der Waals surface area contributed by atoms with Gasteiger partial charge in [-0.25, -0.2) is 9.89 Å². The van der Waals surface area contributed by atoms with Crippen LogP contribution in [0.5, 0.6) is 0 Å². The molecule has 2 aromatic rings. The summed E-state index contributed by atoms with van der Waals surface area (Å²) in [6.45, 7) is 1.15. The van der Waals surface area contributed by atoms with Crippen LogP contribution in [0.1, 0.15) is 35.2 Å². The lowest BCUT2D eigenvalue weighted by Crippen LogP contribution is -2.39. The van der Waals surface area contributed by atoms with Gasteiger partial charge >= 0.3 is 5.76 Å². The summed E-state index contributed by atoms with van der Waals surface area (Å²) in [4.78, 5) is 24.8. The molecule has 1 N–H and O–H groups in total.